The summed E-state index contributed by atoms with van der Waals surface area (Å²) in [5, 5.41) is 0. The Hall–Kier alpha value is -0.850. The van der Waals surface area contributed by atoms with E-state index in [-0.39, 0.29) is 0 Å². The molecule has 12 heavy (non-hydrogen) atoms. The molecule has 64 valence electrons. The summed E-state index contributed by atoms with van der Waals surface area (Å²) in [6, 6.07) is 4.38. The summed E-state index contributed by atoms with van der Waals surface area (Å²) >= 11 is 0. The molecule has 0 bridgehead atoms. The fraction of sp³-hybridized carbons (Fsp3) is 0.545. The smallest absolute Gasteiger partial charge is 0.0438 e. The first-order valence-corrected chi connectivity index (χ1v) is 4.82. The molecule has 0 N–H and O–H groups in total. The summed E-state index contributed by atoms with van der Waals surface area (Å²) in [5.41, 5.74) is 4.00. The summed E-state index contributed by atoms with van der Waals surface area (Å²) in [5.74, 6) is 0. The Morgan fingerprint density at radius 1 is 1.08 bits per heavy atom. The fourth-order valence-corrected chi connectivity index (χ4v) is 1.87. The molecule has 1 aromatic heterocycles. The molecule has 1 nitrogen and oxygen atoms in total. The Bertz CT molecular complexity index is 278. The lowest BCUT2D eigenvalue weighted by Crippen LogP contribution is -1.96. The third-order valence-corrected chi connectivity index (χ3v) is 2.57. The lowest BCUT2D eigenvalue weighted by Gasteiger charge is -2.04. The van der Waals surface area contributed by atoms with E-state index < -0.39 is 0 Å². The van der Waals surface area contributed by atoms with Crippen molar-refractivity contribution in [2.45, 2.75) is 39.0 Å². The van der Waals surface area contributed by atoms with Crippen LogP contribution in [0.5, 0.6) is 0 Å². The number of aromatic nitrogens is 1. The monoisotopic (exact) mass is 161 g/mol. The number of hydrogen-bond donors (Lipinski definition) is 0. The Labute approximate surface area is 73.8 Å². The lowest BCUT2D eigenvalue weighted by molar-refractivity contribution is 0.708. The molecule has 0 amide bonds. The largest absolute Gasteiger partial charge is 0.258 e. The first-order valence-electron chi connectivity index (χ1n) is 4.82. The second-order valence-electron chi connectivity index (χ2n) is 3.62. The molecule has 0 atom stereocenters. The van der Waals surface area contributed by atoms with Gasteiger partial charge in [0.05, 0.1) is 0 Å². The van der Waals surface area contributed by atoms with Crippen LogP contribution < -0.4 is 0 Å². The van der Waals surface area contributed by atoms with Crippen LogP contribution in [0.3, 0.4) is 0 Å². The van der Waals surface area contributed by atoms with E-state index in [0.717, 1.165) is 5.69 Å². The fourth-order valence-electron chi connectivity index (χ4n) is 1.87. The van der Waals surface area contributed by atoms with E-state index in [4.69, 9.17) is 0 Å². The SMILES string of the molecule is Cc1ccc2c(n1)CCCCC2. The molecule has 0 unspecified atom stereocenters. The third kappa shape index (κ3) is 1.50. The van der Waals surface area contributed by atoms with Gasteiger partial charge in [-0.15, -0.1) is 0 Å². The van der Waals surface area contributed by atoms with E-state index in [1.807, 2.05) is 0 Å². The van der Waals surface area contributed by atoms with Crippen LogP contribution in [0, 0.1) is 6.92 Å². The van der Waals surface area contributed by atoms with Gasteiger partial charge in [0.2, 0.25) is 0 Å². The molecular formula is C11H15N. The van der Waals surface area contributed by atoms with Gasteiger partial charge in [0.15, 0.2) is 0 Å². The van der Waals surface area contributed by atoms with Crippen molar-refractivity contribution in [3.8, 4) is 0 Å². The standard InChI is InChI=1S/C11H15N/c1-9-7-8-10-5-3-2-4-6-11(10)12-9/h7-8H,2-6H2,1H3. The van der Waals surface area contributed by atoms with E-state index in [2.05, 4.69) is 24.0 Å². The molecule has 2 rings (SSSR count). The lowest BCUT2D eigenvalue weighted by atomic mass is 10.1. The second-order valence-corrected chi connectivity index (χ2v) is 3.62. The van der Waals surface area contributed by atoms with Crippen LogP contribution in [0.4, 0.5) is 0 Å². The molecule has 1 heteroatoms. The van der Waals surface area contributed by atoms with Gasteiger partial charge in [0, 0.05) is 11.4 Å². The van der Waals surface area contributed by atoms with Crippen LogP contribution in [-0.4, -0.2) is 4.98 Å². The van der Waals surface area contributed by atoms with Gasteiger partial charge >= 0.3 is 0 Å². The highest BCUT2D eigenvalue weighted by Gasteiger charge is 2.08. The van der Waals surface area contributed by atoms with Gasteiger partial charge in [-0.05, 0) is 44.2 Å². The number of pyridine rings is 1. The Balaban J connectivity index is 2.36. The summed E-state index contributed by atoms with van der Waals surface area (Å²) in [4.78, 5) is 4.57. The summed E-state index contributed by atoms with van der Waals surface area (Å²) in [6.07, 6.45) is 6.47. The molecule has 0 aromatic carbocycles. The molecule has 1 aliphatic rings. The van der Waals surface area contributed by atoms with Gasteiger partial charge in [-0.1, -0.05) is 12.5 Å². The maximum absolute atomic E-state index is 4.57. The van der Waals surface area contributed by atoms with Crippen molar-refractivity contribution in [3.05, 3.63) is 29.1 Å². The van der Waals surface area contributed by atoms with Gasteiger partial charge in [0.1, 0.15) is 0 Å². The average molecular weight is 161 g/mol. The van der Waals surface area contributed by atoms with Crippen LogP contribution >= 0.6 is 0 Å². The van der Waals surface area contributed by atoms with E-state index in [0.29, 0.717) is 0 Å². The molecule has 1 aliphatic carbocycles. The molecule has 0 saturated heterocycles. The van der Waals surface area contributed by atoms with E-state index >= 15 is 0 Å². The highest BCUT2D eigenvalue weighted by molar-refractivity contribution is 5.23. The average Bonchev–Trinajstić information content (AvgIpc) is 2.28. The molecule has 0 saturated carbocycles. The third-order valence-electron chi connectivity index (χ3n) is 2.57. The number of fused-ring (bicyclic) bond motifs is 1. The van der Waals surface area contributed by atoms with E-state index in [9.17, 15) is 0 Å². The van der Waals surface area contributed by atoms with Crippen molar-refractivity contribution in [2.24, 2.45) is 0 Å². The van der Waals surface area contributed by atoms with Gasteiger partial charge in [-0.3, -0.25) is 4.98 Å². The van der Waals surface area contributed by atoms with E-state index in [1.54, 1.807) is 0 Å². The zero-order valence-corrected chi connectivity index (χ0v) is 7.64. The van der Waals surface area contributed by atoms with Gasteiger partial charge < -0.3 is 0 Å². The number of nitrogens with zero attached hydrogens (tertiary/aromatic N) is 1. The number of hydrogen-bond acceptors (Lipinski definition) is 1. The van der Waals surface area contributed by atoms with Crippen LogP contribution in [0.2, 0.25) is 0 Å². The Kier molecular flexibility index (Phi) is 2.11. The second kappa shape index (κ2) is 3.26. The predicted octanol–water partition coefficient (Wildman–Crippen LogP) is 2.66. The number of rotatable bonds is 0. The molecule has 0 spiro atoms. The minimum atomic E-state index is 1.16. The molecule has 0 fully saturated rings. The normalized spacial score (nSPS) is 16.8. The zero-order chi connectivity index (χ0) is 8.39. The predicted molar refractivity (Wildman–Crippen MR) is 50.2 cm³/mol. The summed E-state index contributed by atoms with van der Waals surface area (Å²) in [7, 11) is 0. The summed E-state index contributed by atoms with van der Waals surface area (Å²) in [6.45, 7) is 2.07. The quantitative estimate of drug-likeness (QED) is 0.533. The highest BCUT2D eigenvalue weighted by atomic mass is 14.7. The maximum Gasteiger partial charge on any atom is 0.0438 e. The molecule has 1 heterocycles. The number of aryl methyl sites for hydroxylation is 3. The van der Waals surface area contributed by atoms with Gasteiger partial charge in [-0.25, -0.2) is 0 Å². The Morgan fingerprint density at radius 3 is 2.83 bits per heavy atom. The van der Waals surface area contributed by atoms with Crippen molar-refractivity contribution in [3.63, 3.8) is 0 Å². The van der Waals surface area contributed by atoms with Crippen molar-refractivity contribution in [2.75, 3.05) is 0 Å². The van der Waals surface area contributed by atoms with Crippen LogP contribution in [-0.2, 0) is 12.8 Å². The van der Waals surface area contributed by atoms with Crippen molar-refractivity contribution >= 4 is 0 Å². The van der Waals surface area contributed by atoms with Gasteiger partial charge in [-0.2, -0.15) is 0 Å². The zero-order valence-electron chi connectivity index (χ0n) is 7.64. The van der Waals surface area contributed by atoms with Crippen molar-refractivity contribution in [1.82, 2.24) is 4.98 Å². The van der Waals surface area contributed by atoms with Gasteiger partial charge in [0.25, 0.3) is 0 Å². The highest BCUT2D eigenvalue weighted by Crippen LogP contribution is 2.18. The maximum atomic E-state index is 4.57. The summed E-state index contributed by atoms with van der Waals surface area (Å²) < 4.78 is 0. The van der Waals surface area contributed by atoms with Crippen molar-refractivity contribution in [1.29, 1.82) is 0 Å². The van der Waals surface area contributed by atoms with Crippen LogP contribution in [0.15, 0.2) is 12.1 Å². The molecule has 1 aromatic rings. The molecular weight excluding hydrogens is 146 g/mol. The van der Waals surface area contributed by atoms with E-state index in [1.165, 1.54) is 43.4 Å². The molecule has 0 radical (unpaired) electrons. The minimum Gasteiger partial charge on any atom is -0.258 e. The van der Waals surface area contributed by atoms with Crippen molar-refractivity contribution < 1.29 is 0 Å². The Morgan fingerprint density at radius 2 is 1.92 bits per heavy atom. The topological polar surface area (TPSA) is 12.9 Å². The first kappa shape index (κ1) is 7.78. The minimum absolute atomic E-state index is 1.16. The van der Waals surface area contributed by atoms with Crippen LogP contribution in [0.1, 0.15) is 36.2 Å². The first-order chi connectivity index (χ1) is 5.86. The van der Waals surface area contributed by atoms with Crippen LogP contribution in [0.25, 0.3) is 0 Å². The molecule has 0 aliphatic heterocycles.